The zero-order chi connectivity index (χ0) is 28.7. The number of rotatable bonds is 10. The molecule has 1 atom stereocenters. The Morgan fingerprint density at radius 2 is 1.73 bits per heavy atom. The highest BCUT2D eigenvalue weighted by atomic mass is 19.4. The lowest BCUT2D eigenvalue weighted by Crippen LogP contribution is -2.48. The van der Waals surface area contributed by atoms with Crippen LogP contribution in [-0.4, -0.2) is 92.0 Å². The molecule has 216 valence electrons. The maximum atomic E-state index is 13.8. The van der Waals surface area contributed by atoms with Gasteiger partial charge in [-0.3, -0.25) is 9.69 Å². The van der Waals surface area contributed by atoms with Crippen molar-refractivity contribution in [2.24, 2.45) is 5.92 Å². The normalized spacial score (nSPS) is 18.7. The molecule has 1 aromatic heterocycles. The minimum absolute atomic E-state index is 0.137. The van der Waals surface area contributed by atoms with Gasteiger partial charge in [0.15, 0.2) is 0 Å². The van der Waals surface area contributed by atoms with Crippen molar-refractivity contribution in [1.29, 1.82) is 5.26 Å². The Balaban J connectivity index is 1.39. The number of likely N-dealkylation sites (N-methyl/N-ethyl adjacent to an activating group) is 1. The fraction of sp³-hybridized carbons (Fsp3) is 0.586. The molecule has 8 nitrogen and oxygen atoms in total. The van der Waals surface area contributed by atoms with Crippen molar-refractivity contribution in [3.05, 3.63) is 47.3 Å². The smallest absolute Gasteiger partial charge is 0.356 e. The van der Waals surface area contributed by atoms with Gasteiger partial charge in [-0.2, -0.15) is 18.4 Å². The number of carbonyl (C=O) groups is 1. The molecule has 3 heterocycles. The monoisotopic (exact) mass is 557 g/mol. The molecule has 2 aliphatic heterocycles. The third kappa shape index (κ3) is 8.15. The van der Waals surface area contributed by atoms with Crippen LogP contribution >= 0.6 is 0 Å². The quantitative estimate of drug-likeness (QED) is 0.436. The molecule has 2 aliphatic rings. The highest BCUT2D eigenvalue weighted by Crippen LogP contribution is 2.32. The van der Waals surface area contributed by atoms with Crippen LogP contribution < -0.4 is 9.80 Å². The van der Waals surface area contributed by atoms with Crippen molar-refractivity contribution >= 4 is 17.4 Å². The number of nitriles is 1. The predicted molar refractivity (Wildman–Crippen MR) is 148 cm³/mol. The molecule has 0 bridgehead atoms. The van der Waals surface area contributed by atoms with Crippen molar-refractivity contribution in [3.8, 4) is 6.07 Å². The van der Waals surface area contributed by atoms with Gasteiger partial charge in [0, 0.05) is 70.8 Å². The van der Waals surface area contributed by atoms with Crippen molar-refractivity contribution in [2.75, 3.05) is 76.3 Å². The first-order valence-corrected chi connectivity index (χ1v) is 14.0. The maximum Gasteiger partial charge on any atom is 0.451 e. The van der Waals surface area contributed by atoms with E-state index in [1.54, 1.807) is 18.2 Å². The Hall–Kier alpha value is -3.23. The molecule has 11 heteroatoms. The summed E-state index contributed by atoms with van der Waals surface area (Å²) >= 11 is 0. The number of aromatic nitrogens is 2. The zero-order valence-electron chi connectivity index (χ0n) is 23.3. The molecule has 0 aliphatic carbocycles. The fourth-order valence-corrected chi connectivity index (χ4v) is 5.28. The van der Waals surface area contributed by atoms with Crippen molar-refractivity contribution in [2.45, 2.75) is 38.3 Å². The van der Waals surface area contributed by atoms with Crippen LogP contribution in [0.3, 0.4) is 0 Å². The Morgan fingerprint density at radius 3 is 2.35 bits per heavy atom. The first kappa shape index (κ1) is 29.7. The van der Waals surface area contributed by atoms with Gasteiger partial charge in [0.05, 0.1) is 11.6 Å². The van der Waals surface area contributed by atoms with E-state index in [9.17, 15) is 18.0 Å². The number of piperidine rings is 1. The van der Waals surface area contributed by atoms with Crippen molar-refractivity contribution in [3.63, 3.8) is 0 Å². The van der Waals surface area contributed by atoms with Crippen LogP contribution in [0.1, 0.15) is 42.6 Å². The van der Waals surface area contributed by atoms with Gasteiger partial charge in [-0.05, 0) is 57.5 Å². The third-order valence-electron chi connectivity index (χ3n) is 7.68. The van der Waals surface area contributed by atoms with E-state index in [0.717, 1.165) is 51.0 Å². The Bertz CT molecular complexity index is 1170. The van der Waals surface area contributed by atoms with E-state index in [-0.39, 0.29) is 17.5 Å². The van der Waals surface area contributed by atoms with Gasteiger partial charge in [0.25, 0.3) is 0 Å². The van der Waals surface area contributed by atoms with Crippen LogP contribution in [0.5, 0.6) is 0 Å². The Morgan fingerprint density at radius 1 is 1.05 bits per heavy atom. The second-order valence-electron chi connectivity index (χ2n) is 11.0. The van der Waals surface area contributed by atoms with E-state index in [1.807, 2.05) is 36.0 Å². The number of carbonyl (C=O) groups excluding carboxylic acids is 1. The van der Waals surface area contributed by atoms with Gasteiger partial charge < -0.3 is 14.7 Å². The molecule has 0 N–H and O–H groups in total. The first-order chi connectivity index (χ1) is 19.1. The lowest BCUT2D eigenvalue weighted by Gasteiger charge is -2.37. The molecule has 2 fully saturated rings. The molecule has 2 aromatic rings. The minimum Gasteiger partial charge on any atom is -0.356 e. The number of hydrogen-bond acceptors (Lipinski definition) is 8. The van der Waals surface area contributed by atoms with E-state index < -0.39 is 12.0 Å². The second-order valence-corrected chi connectivity index (χ2v) is 11.0. The highest BCUT2D eigenvalue weighted by Gasteiger charge is 2.37. The molecule has 40 heavy (non-hydrogen) atoms. The molecule has 0 spiro atoms. The molecule has 0 saturated carbocycles. The van der Waals surface area contributed by atoms with Crippen molar-refractivity contribution < 1.29 is 18.0 Å². The van der Waals surface area contributed by atoms with Gasteiger partial charge in [-0.25, -0.2) is 9.97 Å². The van der Waals surface area contributed by atoms with Crippen molar-refractivity contribution in [1.82, 2.24) is 19.8 Å². The summed E-state index contributed by atoms with van der Waals surface area (Å²) < 4.78 is 41.4. The van der Waals surface area contributed by atoms with Gasteiger partial charge in [-0.1, -0.05) is 12.1 Å². The number of benzene rings is 1. The minimum atomic E-state index is -4.66. The van der Waals surface area contributed by atoms with E-state index in [2.05, 4.69) is 25.8 Å². The predicted octanol–water partition coefficient (Wildman–Crippen LogP) is 3.86. The summed E-state index contributed by atoms with van der Waals surface area (Å²) in [5.41, 5.74) is 1.68. The van der Waals surface area contributed by atoms with Gasteiger partial charge in [-0.15, -0.1) is 0 Å². The molecular weight excluding hydrogens is 519 g/mol. The number of ketones is 1. The summed E-state index contributed by atoms with van der Waals surface area (Å²) in [5, 5.41) is 8.94. The summed E-state index contributed by atoms with van der Waals surface area (Å²) in [6.07, 6.45) is -1.37. The highest BCUT2D eigenvalue weighted by molar-refractivity contribution is 5.81. The number of aryl methyl sites for hydroxylation is 1. The molecule has 0 unspecified atom stereocenters. The number of anilines is 2. The number of halogens is 3. The number of piperazine rings is 1. The number of hydrogen-bond donors (Lipinski definition) is 0. The number of alkyl halides is 3. The fourth-order valence-electron chi connectivity index (χ4n) is 5.28. The molecule has 4 rings (SSSR count). The molecule has 0 radical (unpaired) electrons. The molecule has 0 amide bonds. The second kappa shape index (κ2) is 13.4. The Kier molecular flexibility index (Phi) is 9.98. The summed E-state index contributed by atoms with van der Waals surface area (Å²) in [6, 6.07) is 11.1. The SMILES string of the molecule is CN(C)CCN1CCN(c2cc(N3CCC[C@@H](C(=O)CCCc4ccc(C#N)cc4)C3)nc(C(F)(F)F)n2)CC1. The van der Waals surface area contributed by atoms with E-state index in [1.165, 1.54) is 0 Å². The first-order valence-electron chi connectivity index (χ1n) is 14.0. The lowest BCUT2D eigenvalue weighted by atomic mass is 9.90. The lowest BCUT2D eigenvalue weighted by molar-refractivity contribution is -0.144. The van der Waals surface area contributed by atoms with Gasteiger partial charge in [0.2, 0.25) is 5.82 Å². The topological polar surface area (TPSA) is 79.6 Å². The van der Waals surface area contributed by atoms with Crippen LogP contribution in [0.25, 0.3) is 0 Å². The number of Topliss-reactive ketones (excluding diaryl/α,β-unsaturated/α-hetero) is 1. The average Bonchev–Trinajstić information content (AvgIpc) is 2.96. The van der Waals surface area contributed by atoms with E-state index in [4.69, 9.17) is 5.26 Å². The van der Waals surface area contributed by atoms with Crippen LogP contribution in [0, 0.1) is 17.2 Å². The van der Waals surface area contributed by atoms with Crippen LogP contribution in [0.2, 0.25) is 0 Å². The van der Waals surface area contributed by atoms with Crippen LogP contribution in [0.4, 0.5) is 24.8 Å². The average molecular weight is 558 g/mol. The number of nitrogens with zero attached hydrogens (tertiary/aromatic N) is 7. The van der Waals surface area contributed by atoms with Crippen LogP contribution in [-0.2, 0) is 17.4 Å². The Labute approximate surface area is 234 Å². The van der Waals surface area contributed by atoms with Crippen LogP contribution in [0.15, 0.2) is 30.3 Å². The summed E-state index contributed by atoms with van der Waals surface area (Å²) in [4.78, 5) is 29.0. The maximum absolute atomic E-state index is 13.8. The van der Waals surface area contributed by atoms with E-state index >= 15 is 0 Å². The molecular formula is C29H38F3N7O. The standard InChI is InChI=1S/C29H38F3N7O/c1-36(2)13-14-37-15-17-38(18-16-37)26-19-27(35-28(34-26)29(30,31)32)39-12-4-6-24(21-39)25(40)7-3-5-22-8-10-23(20-33)11-9-22/h8-11,19,24H,3-7,12-18,21H2,1-2H3/t24-/m1/s1. The summed E-state index contributed by atoms with van der Waals surface area (Å²) in [6.45, 7) is 5.49. The largest absolute Gasteiger partial charge is 0.451 e. The third-order valence-corrected chi connectivity index (χ3v) is 7.68. The zero-order valence-corrected chi connectivity index (χ0v) is 23.3. The summed E-state index contributed by atoms with van der Waals surface area (Å²) in [7, 11) is 4.04. The van der Waals surface area contributed by atoms with E-state index in [0.29, 0.717) is 50.4 Å². The molecule has 2 saturated heterocycles. The molecule has 1 aromatic carbocycles. The summed E-state index contributed by atoms with van der Waals surface area (Å²) in [5.74, 6) is -0.700. The van der Waals surface area contributed by atoms with Gasteiger partial charge >= 0.3 is 6.18 Å². The van der Waals surface area contributed by atoms with Gasteiger partial charge in [0.1, 0.15) is 17.4 Å².